The van der Waals surface area contributed by atoms with Crippen LogP contribution < -0.4 is 5.73 Å². The standard InChI is InChI=1S/C15H23NO/c1-12(13-7-3-2-4-8-13)14(17)15(11-16)9-5-6-10-15/h2-4,7-8,12,14,17H,5-6,9-11,16H2,1H3. The lowest BCUT2D eigenvalue weighted by molar-refractivity contribution is 0.0170. The highest BCUT2D eigenvalue weighted by molar-refractivity contribution is 5.21. The summed E-state index contributed by atoms with van der Waals surface area (Å²) in [6.45, 7) is 2.71. The van der Waals surface area contributed by atoms with E-state index in [0.717, 1.165) is 12.8 Å². The molecule has 0 radical (unpaired) electrons. The lowest BCUT2D eigenvalue weighted by atomic mass is 9.73. The van der Waals surface area contributed by atoms with E-state index in [2.05, 4.69) is 19.1 Å². The second-order valence-electron chi connectivity index (χ2n) is 5.42. The predicted octanol–water partition coefficient (Wildman–Crippen LogP) is 2.67. The molecule has 1 aliphatic rings. The highest BCUT2D eigenvalue weighted by Gasteiger charge is 2.41. The van der Waals surface area contributed by atoms with Crippen LogP contribution in [-0.4, -0.2) is 17.8 Å². The lowest BCUT2D eigenvalue weighted by Gasteiger charge is -2.36. The Hall–Kier alpha value is -0.860. The molecular weight excluding hydrogens is 210 g/mol. The van der Waals surface area contributed by atoms with Crippen molar-refractivity contribution in [3.8, 4) is 0 Å². The maximum atomic E-state index is 10.6. The summed E-state index contributed by atoms with van der Waals surface area (Å²) in [7, 11) is 0. The van der Waals surface area contributed by atoms with Crippen LogP contribution in [0.2, 0.25) is 0 Å². The first-order valence-corrected chi connectivity index (χ1v) is 6.63. The van der Waals surface area contributed by atoms with Crippen LogP contribution in [0.1, 0.15) is 44.1 Å². The fourth-order valence-electron chi connectivity index (χ4n) is 3.17. The summed E-state index contributed by atoms with van der Waals surface area (Å²) in [5, 5.41) is 10.6. The Morgan fingerprint density at radius 3 is 2.35 bits per heavy atom. The minimum atomic E-state index is -0.322. The highest BCUT2D eigenvalue weighted by atomic mass is 16.3. The first-order valence-electron chi connectivity index (χ1n) is 6.63. The molecule has 1 aliphatic carbocycles. The molecule has 1 aromatic carbocycles. The predicted molar refractivity (Wildman–Crippen MR) is 70.8 cm³/mol. The monoisotopic (exact) mass is 233 g/mol. The summed E-state index contributed by atoms with van der Waals surface area (Å²) in [5.41, 5.74) is 7.09. The second-order valence-corrected chi connectivity index (χ2v) is 5.42. The molecule has 94 valence electrons. The van der Waals surface area contributed by atoms with Crippen molar-refractivity contribution in [2.45, 2.75) is 44.6 Å². The van der Waals surface area contributed by atoms with E-state index in [-0.39, 0.29) is 17.4 Å². The summed E-state index contributed by atoms with van der Waals surface area (Å²) < 4.78 is 0. The summed E-state index contributed by atoms with van der Waals surface area (Å²) >= 11 is 0. The zero-order valence-corrected chi connectivity index (χ0v) is 10.6. The molecule has 2 unspecified atom stereocenters. The summed E-state index contributed by atoms with van der Waals surface area (Å²) in [5.74, 6) is 0.165. The third-order valence-electron chi connectivity index (χ3n) is 4.43. The van der Waals surface area contributed by atoms with Gasteiger partial charge in [0.1, 0.15) is 0 Å². The van der Waals surface area contributed by atoms with E-state index in [9.17, 15) is 5.11 Å². The summed E-state index contributed by atoms with van der Waals surface area (Å²) in [4.78, 5) is 0. The van der Waals surface area contributed by atoms with Crippen molar-refractivity contribution in [1.29, 1.82) is 0 Å². The van der Waals surface area contributed by atoms with Gasteiger partial charge in [0.05, 0.1) is 6.10 Å². The molecule has 0 saturated heterocycles. The Labute approximate surface area is 104 Å². The molecular formula is C15H23NO. The molecule has 3 N–H and O–H groups in total. The largest absolute Gasteiger partial charge is 0.392 e. The van der Waals surface area contributed by atoms with Crippen molar-refractivity contribution in [3.63, 3.8) is 0 Å². The molecule has 0 spiro atoms. The first kappa shape index (κ1) is 12.6. The molecule has 1 saturated carbocycles. The molecule has 0 bridgehead atoms. The van der Waals surface area contributed by atoms with Crippen molar-refractivity contribution in [2.75, 3.05) is 6.54 Å². The number of nitrogens with two attached hydrogens (primary N) is 1. The van der Waals surface area contributed by atoms with Crippen molar-refractivity contribution in [1.82, 2.24) is 0 Å². The topological polar surface area (TPSA) is 46.2 Å². The van der Waals surface area contributed by atoms with E-state index >= 15 is 0 Å². The number of aliphatic hydroxyl groups excluding tert-OH is 1. The van der Waals surface area contributed by atoms with E-state index in [0.29, 0.717) is 6.54 Å². The maximum Gasteiger partial charge on any atom is 0.0674 e. The summed E-state index contributed by atoms with van der Waals surface area (Å²) in [6.07, 6.45) is 4.23. The van der Waals surface area contributed by atoms with Crippen molar-refractivity contribution < 1.29 is 5.11 Å². The second kappa shape index (κ2) is 5.19. The van der Waals surface area contributed by atoms with Gasteiger partial charge >= 0.3 is 0 Å². The van der Waals surface area contributed by atoms with Gasteiger partial charge in [0.2, 0.25) is 0 Å². The number of rotatable bonds is 4. The minimum absolute atomic E-state index is 0.0464. The molecule has 2 atom stereocenters. The van der Waals surface area contributed by atoms with Crippen LogP contribution in [0.3, 0.4) is 0 Å². The lowest BCUT2D eigenvalue weighted by Crippen LogP contribution is -2.42. The van der Waals surface area contributed by atoms with Gasteiger partial charge in [0.25, 0.3) is 0 Å². The van der Waals surface area contributed by atoms with Crippen LogP contribution in [0.4, 0.5) is 0 Å². The third-order valence-corrected chi connectivity index (χ3v) is 4.43. The molecule has 2 rings (SSSR count). The van der Waals surface area contributed by atoms with E-state index in [1.807, 2.05) is 18.2 Å². The zero-order chi connectivity index (χ0) is 12.3. The van der Waals surface area contributed by atoms with Crippen LogP contribution in [0, 0.1) is 5.41 Å². The van der Waals surface area contributed by atoms with Crippen molar-refractivity contribution in [2.24, 2.45) is 11.1 Å². The molecule has 0 amide bonds. The van der Waals surface area contributed by atoms with Crippen LogP contribution in [-0.2, 0) is 0 Å². The van der Waals surface area contributed by atoms with Crippen LogP contribution in [0.25, 0.3) is 0 Å². The fraction of sp³-hybridized carbons (Fsp3) is 0.600. The smallest absolute Gasteiger partial charge is 0.0674 e. The quantitative estimate of drug-likeness (QED) is 0.840. The first-order chi connectivity index (χ1) is 8.19. The summed E-state index contributed by atoms with van der Waals surface area (Å²) in [6, 6.07) is 10.3. The van der Waals surface area contributed by atoms with Crippen LogP contribution in [0.15, 0.2) is 30.3 Å². The van der Waals surface area contributed by atoms with E-state index in [1.54, 1.807) is 0 Å². The Morgan fingerprint density at radius 1 is 1.24 bits per heavy atom. The van der Waals surface area contributed by atoms with E-state index in [4.69, 9.17) is 5.73 Å². The van der Waals surface area contributed by atoms with Gasteiger partial charge in [0.15, 0.2) is 0 Å². The van der Waals surface area contributed by atoms with Crippen molar-refractivity contribution in [3.05, 3.63) is 35.9 Å². The van der Waals surface area contributed by atoms with Gasteiger partial charge in [-0.1, -0.05) is 50.1 Å². The molecule has 17 heavy (non-hydrogen) atoms. The molecule has 0 heterocycles. The Bertz CT molecular complexity index is 343. The van der Waals surface area contributed by atoms with Gasteiger partial charge in [-0.2, -0.15) is 0 Å². The average molecular weight is 233 g/mol. The molecule has 1 aromatic rings. The van der Waals surface area contributed by atoms with Gasteiger partial charge in [-0.3, -0.25) is 0 Å². The SMILES string of the molecule is CC(c1ccccc1)C(O)C1(CN)CCCC1. The average Bonchev–Trinajstić information content (AvgIpc) is 2.88. The minimum Gasteiger partial charge on any atom is -0.392 e. The normalized spacial score (nSPS) is 22.3. The molecule has 1 fully saturated rings. The zero-order valence-electron chi connectivity index (χ0n) is 10.6. The molecule has 0 aromatic heterocycles. The number of aliphatic hydroxyl groups is 1. The number of benzene rings is 1. The molecule has 2 nitrogen and oxygen atoms in total. The van der Waals surface area contributed by atoms with Crippen LogP contribution >= 0.6 is 0 Å². The van der Waals surface area contributed by atoms with Gasteiger partial charge in [0, 0.05) is 17.9 Å². The van der Waals surface area contributed by atoms with Gasteiger partial charge in [-0.05, 0) is 18.4 Å². The van der Waals surface area contributed by atoms with Gasteiger partial charge < -0.3 is 10.8 Å². The Kier molecular flexibility index (Phi) is 3.85. The van der Waals surface area contributed by atoms with E-state index < -0.39 is 0 Å². The van der Waals surface area contributed by atoms with E-state index in [1.165, 1.54) is 18.4 Å². The molecule has 0 aliphatic heterocycles. The molecule has 2 heteroatoms. The highest BCUT2D eigenvalue weighted by Crippen LogP contribution is 2.44. The maximum absolute atomic E-state index is 10.6. The van der Waals surface area contributed by atoms with Gasteiger partial charge in [-0.25, -0.2) is 0 Å². The van der Waals surface area contributed by atoms with Crippen molar-refractivity contribution >= 4 is 0 Å². The third kappa shape index (κ3) is 2.38. The number of hydrogen-bond acceptors (Lipinski definition) is 2. The Morgan fingerprint density at radius 2 is 1.82 bits per heavy atom. The Balaban J connectivity index is 2.16. The fourth-order valence-corrected chi connectivity index (χ4v) is 3.17. The van der Waals surface area contributed by atoms with Gasteiger partial charge in [-0.15, -0.1) is 0 Å². The van der Waals surface area contributed by atoms with Crippen LogP contribution in [0.5, 0.6) is 0 Å². The number of hydrogen-bond donors (Lipinski definition) is 2.